The van der Waals surface area contributed by atoms with Crippen molar-refractivity contribution in [2.45, 2.75) is 38.3 Å². The van der Waals surface area contributed by atoms with Crippen molar-refractivity contribution in [2.75, 3.05) is 27.2 Å². The maximum absolute atomic E-state index is 13.3. The molecule has 1 aromatic rings. The highest BCUT2D eigenvalue weighted by Gasteiger charge is 2.43. The summed E-state index contributed by atoms with van der Waals surface area (Å²) in [4.78, 5) is 29.4. The summed E-state index contributed by atoms with van der Waals surface area (Å²) in [6, 6.07) is 5.32. The summed E-state index contributed by atoms with van der Waals surface area (Å²) in [5, 5.41) is 7.23. The number of likely N-dealkylation sites (tertiary alicyclic amines) is 1. The van der Waals surface area contributed by atoms with Crippen LogP contribution in [0.1, 0.15) is 40.7 Å². The molecule has 0 spiro atoms. The molecule has 148 valence electrons. The third-order valence-corrected chi connectivity index (χ3v) is 5.94. The molecule has 1 aromatic carbocycles. The van der Waals surface area contributed by atoms with Gasteiger partial charge >= 0.3 is 0 Å². The van der Waals surface area contributed by atoms with Crippen molar-refractivity contribution >= 4 is 23.2 Å². The van der Waals surface area contributed by atoms with Crippen LogP contribution in [0.5, 0.6) is 0 Å². The number of likely N-dealkylation sites (N-methyl/N-ethyl adjacent to an activating group) is 1. The first kappa shape index (κ1) is 18.5. The lowest BCUT2D eigenvalue weighted by Gasteiger charge is -2.38. The van der Waals surface area contributed by atoms with Gasteiger partial charge in [0.15, 0.2) is 0 Å². The molecule has 3 heterocycles. The van der Waals surface area contributed by atoms with Gasteiger partial charge in [-0.15, -0.1) is 0 Å². The van der Waals surface area contributed by atoms with Gasteiger partial charge in [-0.3, -0.25) is 15.0 Å². The van der Waals surface area contributed by atoms with Gasteiger partial charge in [-0.25, -0.2) is 0 Å². The van der Waals surface area contributed by atoms with Crippen molar-refractivity contribution in [3.8, 4) is 0 Å². The number of carbonyl (C=O) groups excluding carboxylic acids is 2. The number of rotatable bonds is 2. The number of carbonyl (C=O) groups is 2. The Bertz CT molecular complexity index is 870. The Hall–Kier alpha value is -2.83. The summed E-state index contributed by atoms with van der Waals surface area (Å²) in [6.07, 6.45) is 5.57. The Balaban J connectivity index is 1.67. The number of aryl methyl sites for hydroxylation is 1. The summed E-state index contributed by atoms with van der Waals surface area (Å²) >= 11 is 0. The lowest BCUT2D eigenvalue weighted by Crippen LogP contribution is -2.56. The number of fused-ring (bicyclic) bond motifs is 1. The van der Waals surface area contributed by atoms with Gasteiger partial charge in [0.05, 0.1) is 6.04 Å². The first-order chi connectivity index (χ1) is 13.5. The average Bonchev–Trinajstić information content (AvgIpc) is 3.15. The molecular formula is C21H27N5O2. The highest BCUT2D eigenvalue weighted by atomic mass is 16.2. The Morgan fingerprint density at radius 2 is 2.00 bits per heavy atom. The molecule has 0 saturated carbocycles. The zero-order valence-corrected chi connectivity index (χ0v) is 16.7. The quantitative estimate of drug-likeness (QED) is 0.811. The smallest absolute Gasteiger partial charge is 0.254 e. The minimum absolute atomic E-state index is 0.0354. The zero-order valence-electron chi connectivity index (χ0n) is 16.7. The number of piperidine rings is 1. The topological polar surface area (TPSA) is 77.0 Å². The minimum Gasteiger partial charge on any atom is -0.357 e. The molecule has 1 fully saturated rings. The van der Waals surface area contributed by atoms with Gasteiger partial charge in [0.25, 0.3) is 11.8 Å². The van der Waals surface area contributed by atoms with E-state index in [0.29, 0.717) is 11.1 Å². The number of hydrazone groups is 1. The monoisotopic (exact) mass is 381 g/mol. The van der Waals surface area contributed by atoms with Crippen molar-refractivity contribution in [3.63, 3.8) is 0 Å². The Kier molecular flexibility index (Phi) is 4.83. The maximum Gasteiger partial charge on any atom is 0.254 e. The summed E-state index contributed by atoms with van der Waals surface area (Å²) in [7, 11) is 3.45. The Morgan fingerprint density at radius 1 is 1.25 bits per heavy atom. The summed E-state index contributed by atoms with van der Waals surface area (Å²) in [5.74, 6) is 0.768. The molecule has 0 aliphatic carbocycles. The van der Waals surface area contributed by atoms with E-state index in [1.54, 1.807) is 24.1 Å². The van der Waals surface area contributed by atoms with Crippen LogP contribution < -0.4 is 10.7 Å². The summed E-state index contributed by atoms with van der Waals surface area (Å²) < 4.78 is 0. The van der Waals surface area contributed by atoms with Crippen LogP contribution in [0.3, 0.4) is 0 Å². The molecule has 0 radical (unpaired) electrons. The lowest BCUT2D eigenvalue weighted by molar-refractivity contribution is -0.125. The number of benzene rings is 1. The molecule has 2 atom stereocenters. The third kappa shape index (κ3) is 3.04. The van der Waals surface area contributed by atoms with Gasteiger partial charge in [0.2, 0.25) is 0 Å². The van der Waals surface area contributed by atoms with Gasteiger partial charge < -0.3 is 15.1 Å². The molecule has 3 aliphatic heterocycles. The second-order valence-electron chi connectivity index (χ2n) is 7.72. The van der Waals surface area contributed by atoms with Crippen LogP contribution in [-0.2, 0) is 4.79 Å². The van der Waals surface area contributed by atoms with Crippen LogP contribution >= 0.6 is 0 Å². The van der Waals surface area contributed by atoms with Crippen LogP contribution in [-0.4, -0.2) is 66.7 Å². The van der Waals surface area contributed by atoms with Crippen molar-refractivity contribution in [3.05, 3.63) is 41.0 Å². The predicted octanol–water partition coefficient (Wildman–Crippen LogP) is 1.35. The highest BCUT2D eigenvalue weighted by molar-refractivity contribution is 6.22. The van der Waals surface area contributed by atoms with Crippen molar-refractivity contribution < 1.29 is 9.59 Å². The maximum atomic E-state index is 13.3. The lowest BCUT2D eigenvalue weighted by atomic mass is 9.90. The van der Waals surface area contributed by atoms with Gasteiger partial charge in [0.1, 0.15) is 11.9 Å². The van der Waals surface area contributed by atoms with E-state index in [1.807, 2.05) is 26.1 Å². The largest absolute Gasteiger partial charge is 0.357 e. The van der Waals surface area contributed by atoms with E-state index in [2.05, 4.69) is 20.7 Å². The van der Waals surface area contributed by atoms with E-state index in [-0.39, 0.29) is 23.9 Å². The fourth-order valence-electron chi connectivity index (χ4n) is 4.33. The summed E-state index contributed by atoms with van der Waals surface area (Å²) in [5.41, 5.74) is 6.15. The van der Waals surface area contributed by atoms with Gasteiger partial charge in [-0.2, -0.15) is 5.10 Å². The van der Waals surface area contributed by atoms with Gasteiger partial charge in [-0.1, -0.05) is 6.07 Å². The van der Waals surface area contributed by atoms with E-state index in [4.69, 9.17) is 0 Å². The van der Waals surface area contributed by atoms with E-state index in [1.165, 1.54) is 19.3 Å². The molecular weight excluding hydrogens is 354 g/mol. The molecule has 3 aliphatic rings. The van der Waals surface area contributed by atoms with Gasteiger partial charge in [0, 0.05) is 38.3 Å². The highest BCUT2D eigenvalue weighted by Crippen LogP contribution is 2.31. The molecule has 28 heavy (non-hydrogen) atoms. The number of amidine groups is 1. The Labute approximate surface area is 165 Å². The van der Waals surface area contributed by atoms with Crippen molar-refractivity contribution in [1.82, 2.24) is 20.5 Å². The first-order valence-electron chi connectivity index (χ1n) is 9.91. The standard InChI is InChI=1S/C21H27N5O2/c1-13-7-8-14(20(27)22-2)11-15(13)16-12-17-18(25(3)21(16)28)19(24-23-17)26-9-5-4-6-10-26/h7-8,11-12,17-18,23H,4-6,9-10H2,1-3H3,(H,22,27). The van der Waals surface area contributed by atoms with Crippen LogP contribution in [0.15, 0.2) is 29.4 Å². The van der Waals surface area contributed by atoms with Crippen molar-refractivity contribution in [2.24, 2.45) is 5.10 Å². The molecule has 0 aromatic heterocycles. The molecule has 2 N–H and O–H groups in total. The minimum atomic E-state index is -0.161. The Morgan fingerprint density at radius 3 is 2.71 bits per heavy atom. The molecule has 2 amide bonds. The molecule has 7 nitrogen and oxygen atoms in total. The van der Waals surface area contributed by atoms with Crippen LogP contribution in [0, 0.1) is 6.92 Å². The number of nitrogens with one attached hydrogen (secondary N) is 2. The number of amides is 2. The summed E-state index contributed by atoms with van der Waals surface area (Å²) in [6.45, 7) is 3.95. The van der Waals surface area contributed by atoms with Crippen LogP contribution in [0.2, 0.25) is 0 Å². The number of nitrogens with zero attached hydrogens (tertiary/aromatic N) is 3. The number of hydrogen-bond donors (Lipinski definition) is 2. The molecule has 2 unspecified atom stereocenters. The predicted molar refractivity (Wildman–Crippen MR) is 109 cm³/mol. The van der Waals surface area contributed by atoms with Crippen LogP contribution in [0.4, 0.5) is 0 Å². The van der Waals surface area contributed by atoms with Crippen molar-refractivity contribution in [1.29, 1.82) is 0 Å². The third-order valence-electron chi connectivity index (χ3n) is 5.94. The molecule has 7 heteroatoms. The molecule has 1 saturated heterocycles. The fraction of sp³-hybridized carbons (Fsp3) is 0.476. The second-order valence-corrected chi connectivity index (χ2v) is 7.72. The fourth-order valence-corrected chi connectivity index (χ4v) is 4.33. The van der Waals surface area contributed by atoms with E-state index < -0.39 is 0 Å². The van der Waals surface area contributed by atoms with E-state index >= 15 is 0 Å². The van der Waals surface area contributed by atoms with Gasteiger partial charge in [-0.05, 0) is 55.5 Å². The zero-order chi connectivity index (χ0) is 19.8. The molecule has 4 rings (SSSR count). The first-order valence-corrected chi connectivity index (χ1v) is 9.91. The SMILES string of the molecule is CNC(=O)c1ccc(C)c(C2=CC3NN=C(N4CCCCC4)C3N(C)C2=O)c1. The second kappa shape index (κ2) is 7.30. The van der Waals surface area contributed by atoms with Crippen LogP contribution in [0.25, 0.3) is 5.57 Å². The van der Waals surface area contributed by atoms with E-state index in [9.17, 15) is 9.59 Å². The van der Waals surface area contributed by atoms with E-state index in [0.717, 1.165) is 30.1 Å². The molecule has 0 bridgehead atoms. The number of hydrogen-bond acceptors (Lipinski definition) is 5. The normalized spacial score (nSPS) is 24.3. The average molecular weight is 381 g/mol.